The van der Waals surface area contributed by atoms with Crippen molar-refractivity contribution in [3.8, 4) is 0 Å². The fourth-order valence-corrected chi connectivity index (χ4v) is 1.42. The molecule has 20 heavy (non-hydrogen) atoms. The number of amides is 3. The number of rotatable bonds is 9. The van der Waals surface area contributed by atoms with E-state index in [0.29, 0.717) is 26.2 Å². The summed E-state index contributed by atoms with van der Waals surface area (Å²) in [5.74, 6) is -0.674. The Balaban J connectivity index is 4.10. The Morgan fingerprint density at radius 3 is 2.25 bits per heavy atom. The number of hydrogen-bond acceptors (Lipinski definition) is 6. The first-order valence-corrected chi connectivity index (χ1v) is 6.33. The van der Waals surface area contributed by atoms with E-state index in [-0.39, 0.29) is 24.7 Å². The minimum atomic E-state index is -0.534. The van der Waals surface area contributed by atoms with E-state index in [1.807, 2.05) is 4.90 Å². The zero-order valence-corrected chi connectivity index (χ0v) is 12.2. The van der Waals surface area contributed by atoms with Gasteiger partial charge in [0.2, 0.25) is 5.91 Å². The van der Waals surface area contributed by atoms with E-state index in [4.69, 9.17) is 4.74 Å². The summed E-state index contributed by atoms with van der Waals surface area (Å²) in [5, 5.41) is 4.48. The van der Waals surface area contributed by atoms with Crippen molar-refractivity contribution < 1.29 is 23.9 Å². The third kappa shape index (κ3) is 9.29. The highest BCUT2D eigenvalue weighted by molar-refractivity contribution is 5.94. The number of carbonyl (C=O) groups is 3. The minimum absolute atomic E-state index is 0.165. The Morgan fingerprint density at radius 1 is 1.05 bits per heavy atom. The monoisotopic (exact) mass is 289 g/mol. The van der Waals surface area contributed by atoms with Crippen LogP contribution < -0.4 is 10.6 Å². The summed E-state index contributed by atoms with van der Waals surface area (Å²) >= 11 is 0. The lowest BCUT2D eigenvalue weighted by molar-refractivity contribution is -0.141. The second-order valence-corrected chi connectivity index (χ2v) is 4.04. The molecule has 8 heteroatoms. The molecule has 8 nitrogen and oxygen atoms in total. The average molecular weight is 289 g/mol. The van der Waals surface area contributed by atoms with E-state index >= 15 is 0 Å². The van der Waals surface area contributed by atoms with Gasteiger partial charge in [-0.25, -0.2) is 4.79 Å². The maximum absolute atomic E-state index is 11.5. The zero-order valence-electron chi connectivity index (χ0n) is 12.2. The molecule has 0 atom stereocenters. The van der Waals surface area contributed by atoms with Crippen molar-refractivity contribution in [3.63, 3.8) is 0 Å². The van der Waals surface area contributed by atoms with Gasteiger partial charge >= 0.3 is 12.0 Å². The standard InChI is InChI=1S/C12H23N3O5/c1-13-12(18)14-10(16)4-6-15(8-9-19-2)7-5-11(17)20-3/h4-9H2,1-3H3,(H2,13,14,16,18). The summed E-state index contributed by atoms with van der Waals surface area (Å²) in [5.41, 5.74) is 0. The number of urea groups is 1. The first-order chi connectivity index (χ1) is 9.53. The zero-order chi connectivity index (χ0) is 15.4. The van der Waals surface area contributed by atoms with Crippen molar-refractivity contribution in [2.75, 3.05) is 47.5 Å². The van der Waals surface area contributed by atoms with Gasteiger partial charge in [-0.3, -0.25) is 19.8 Å². The summed E-state index contributed by atoms with van der Waals surface area (Å²) in [6, 6.07) is -0.534. The molecule has 3 amide bonds. The van der Waals surface area contributed by atoms with Gasteiger partial charge in [-0.15, -0.1) is 0 Å². The molecule has 0 heterocycles. The maximum Gasteiger partial charge on any atom is 0.321 e. The molecule has 0 aliphatic carbocycles. The molecule has 0 bridgehead atoms. The van der Waals surface area contributed by atoms with Crippen molar-refractivity contribution in [3.05, 3.63) is 0 Å². The molecule has 0 fully saturated rings. The molecule has 0 aromatic heterocycles. The highest BCUT2D eigenvalue weighted by Crippen LogP contribution is 1.96. The van der Waals surface area contributed by atoms with Gasteiger partial charge in [0.1, 0.15) is 0 Å². The molecule has 116 valence electrons. The molecule has 0 aliphatic heterocycles. The second-order valence-electron chi connectivity index (χ2n) is 4.04. The van der Waals surface area contributed by atoms with Gasteiger partial charge < -0.3 is 14.8 Å². The molecule has 2 N–H and O–H groups in total. The van der Waals surface area contributed by atoms with Crippen LogP contribution in [0.15, 0.2) is 0 Å². The number of carbonyl (C=O) groups excluding carboxylic acids is 3. The van der Waals surface area contributed by atoms with E-state index in [1.165, 1.54) is 14.2 Å². The number of nitrogens with one attached hydrogen (secondary N) is 2. The molecular formula is C12H23N3O5. The Morgan fingerprint density at radius 2 is 1.70 bits per heavy atom. The normalized spacial score (nSPS) is 10.2. The van der Waals surface area contributed by atoms with E-state index in [0.717, 1.165) is 0 Å². The van der Waals surface area contributed by atoms with Gasteiger partial charge in [-0.05, 0) is 0 Å². The van der Waals surface area contributed by atoms with E-state index in [2.05, 4.69) is 15.4 Å². The van der Waals surface area contributed by atoms with Crippen LogP contribution in [0.3, 0.4) is 0 Å². The summed E-state index contributed by atoms with van der Waals surface area (Å²) in [7, 11) is 4.35. The quantitative estimate of drug-likeness (QED) is 0.547. The number of esters is 1. The highest BCUT2D eigenvalue weighted by Gasteiger charge is 2.12. The molecule has 0 aliphatic rings. The number of methoxy groups -OCH3 is 2. The largest absolute Gasteiger partial charge is 0.469 e. The predicted octanol–water partition coefficient (Wildman–Crippen LogP) is -0.656. The van der Waals surface area contributed by atoms with Crippen molar-refractivity contribution in [2.45, 2.75) is 12.8 Å². The first-order valence-electron chi connectivity index (χ1n) is 6.33. The van der Waals surface area contributed by atoms with Gasteiger partial charge in [0.15, 0.2) is 0 Å². The van der Waals surface area contributed by atoms with Crippen molar-refractivity contribution >= 4 is 17.9 Å². The average Bonchev–Trinajstić information content (AvgIpc) is 2.45. The summed E-state index contributed by atoms with van der Waals surface area (Å²) in [6.45, 7) is 2.01. The third-order valence-corrected chi connectivity index (χ3v) is 2.61. The van der Waals surface area contributed by atoms with Crippen molar-refractivity contribution in [1.29, 1.82) is 0 Å². The topological polar surface area (TPSA) is 97.0 Å². The van der Waals surface area contributed by atoms with Crippen LogP contribution in [0.5, 0.6) is 0 Å². The lowest BCUT2D eigenvalue weighted by Crippen LogP contribution is -2.40. The Bertz CT molecular complexity index is 322. The predicted molar refractivity (Wildman–Crippen MR) is 72.2 cm³/mol. The third-order valence-electron chi connectivity index (χ3n) is 2.61. The minimum Gasteiger partial charge on any atom is -0.469 e. The van der Waals surface area contributed by atoms with E-state index in [1.54, 1.807) is 7.11 Å². The molecule has 0 saturated carbocycles. The van der Waals surface area contributed by atoms with Crippen LogP contribution in [0.4, 0.5) is 4.79 Å². The van der Waals surface area contributed by atoms with Crippen LogP contribution in [0, 0.1) is 0 Å². The van der Waals surface area contributed by atoms with Gasteiger partial charge in [-0.1, -0.05) is 0 Å². The maximum atomic E-state index is 11.5. The van der Waals surface area contributed by atoms with Crippen molar-refractivity contribution in [1.82, 2.24) is 15.5 Å². The molecule has 0 unspecified atom stereocenters. The summed E-state index contributed by atoms with van der Waals surface area (Å²) in [4.78, 5) is 35.4. The Labute approximate surface area is 118 Å². The molecular weight excluding hydrogens is 266 g/mol. The van der Waals surface area contributed by atoms with Crippen molar-refractivity contribution in [2.24, 2.45) is 0 Å². The number of ether oxygens (including phenoxy) is 2. The summed E-state index contributed by atoms with van der Waals surface area (Å²) < 4.78 is 9.54. The molecule has 0 aromatic rings. The van der Waals surface area contributed by atoms with Crippen LogP contribution in [-0.4, -0.2) is 70.3 Å². The molecule has 0 radical (unpaired) electrons. The van der Waals surface area contributed by atoms with Crippen LogP contribution in [0.25, 0.3) is 0 Å². The SMILES string of the molecule is CNC(=O)NC(=O)CCN(CCOC)CCC(=O)OC. The fraction of sp³-hybridized carbons (Fsp3) is 0.750. The number of imide groups is 1. The Kier molecular flexibility index (Phi) is 10.2. The Hall–Kier alpha value is -1.67. The summed E-state index contributed by atoms with van der Waals surface area (Å²) in [6.07, 6.45) is 0.412. The van der Waals surface area contributed by atoms with Crippen LogP contribution in [-0.2, 0) is 19.1 Å². The van der Waals surface area contributed by atoms with Gasteiger partial charge in [0.05, 0.1) is 20.1 Å². The molecule has 0 spiro atoms. The fourth-order valence-electron chi connectivity index (χ4n) is 1.42. The van der Waals surface area contributed by atoms with E-state index in [9.17, 15) is 14.4 Å². The van der Waals surface area contributed by atoms with E-state index < -0.39 is 6.03 Å². The smallest absolute Gasteiger partial charge is 0.321 e. The van der Waals surface area contributed by atoms with Gasteiger partial charge in [0, 0.05) is 40.2 Å². The van der Waals surface area contributed by atoms with Gasteiger partial charge in [-0.2, -0.15) is 0 Å². The van der Waals surface area contributed by atoms with Crippen LogP contribution >= 0.6 is 0 Å². The first kappa shape index (κ1) is 18.3. The number of hydrogen-bond donors (Lipinski definition) is 2. The van der Waals surface area contributed by atoms with Crippen LogP contribution in [0.1, 0.15) is 12.8 Å². The second kappa shape index (κ2) is 11.2. The highest BCUT2D eigenvalue weighted by atomic mass is 16.5. The number of nitrogens with zero attached hydrogens (tertiary/aromatic N) is 1. The van der Waals surface area contributed by atoms with Gasteiger partial charge in [0.25, 0.3) is 0 Å². The lowest BCUT2D eigenvalue weighted by atomic mass is 10.3. The molecule has 0 saturated heterocycles. The van der Waals surface area contributed by atoms with Crippen LogP contribution in [0.2, 0.25) is 0 Å². The molecule has 0 rings (SSSR count). The molecule has 0 aromatic carbocycles. The lowest BCUT2D eigenvalue weighted by Gasteiger charge is -2.20.